The molecule has 0 bridgehead atoms. The summed E-state index contributed by atoms with van der Waals surface area (Å²) in [6.45, 7) is -1.83. The van der Waals surface area contributed by atoms with Gasteiger partial charge in [-0.15, -0.1) is 0 Å². The fourth-order valence-corrected chi connectivity index (χ4v) is 1.46. The van der Waals surface area contributed by atoms with Crippen LogP contribution in [0.1, 0.15) is 0 Å². The molecular formula is C10H19N2Na3O9. The SMILES string of the molecule is O.O.O=C([O-])CN(CCO)CCN(CC(=O)[O-])CC(=O)[O-].[Na+].[Na+].[Na+]. The van der Waals surface area contributed by atoms with Gasteiger partial charge in [-0.2, -0.15) is 0 Å². The molecule has 0 aromatic carbocycles. The number of carbonyl (C=O) groups excluding carboxylic acids is 3. The second-order valence-corrected chi connectivity index (χ2v) is 3.83. The van der Waals surface area contributed by atoms with Crippen LogP contribution in [-0.2, 0) is 14.4 Å². The Kier molecular flexibility index (Phi) is 40.4. The molecule has 0 aromatic rings. The minimum Gasteiger partial charge on any atom is -0.549 e. The molecule has 0 fully saturated rings. The summed E-state index contributed by atoms with van der Waals surface area (Å²) in [5, 5.41) is 40.0. The predicted octanol–water partition coefficient (Wildman–Crippen LogP) is -16.8. The zero-order valence-electron chi connectivity index (χ0n) is 14.2. The minimum atomic E-state index is -1.45. The van der Waals surface area contributed by atoms with Crippen LogP contribution < -0.4 is 104 Å². The maximum absolute atomic E-state index is 10.4. The maximum Gasteiger partial charge on any atom is 1.00 e. The van der Waals surface area contributed by atoms with Crippen molar-refractivity contribution in [2.24, 2.45) is 0 Å². The first-order valence-electron chi connectivity index (χ1n) is 5.50. The third-order valence-electron chi connectivity index (χ3n) is 2.21. The van der Waals surface area contributed by atoms with Gasteiger partial charge in [-0.05, 0) is 0 Å². The van der Waals surface area contributed by atoms with E-state index in [9.17, 15) is 29.7 Å². The molecule has 24 heavy (non-hydrogen) atoms. The van der Waals surface area contributed by atoms with Gasteiger partial charge in [0.25, 0.3) is 0 Å². The van der Waals surface area contributed by atoms with Crippen LogP contribution in [-0.4, -0.2) is 89.6 Å². The van der Waals surface area contributed by atoms with Crippen LogP contribution in [0.4, 0.5) is 0 Å². The van der Waals surface area contributed by atoms with Crippen molar-refractivity contribution in [1.82, 2.24) is 9.80 Å². The van der Waals surface area contributed by atoms with Gasteiger partial charge in [0.15, 0.2) is 0 Å². The standard InChI is InChI=1S/C10H18N2O7.3Na.2H2O/c13-4-3-11(5-8(14)15)1-2-12(6-9(16)17)7-10(18)19;;;;;/h13H,1-7H2,(H,14,15)(H,16,17)(H,18,19);;;;2*1H2/q;3*+1;;/p-3. The number of carboxylic acids is 3. The average molecular weight is 380 g/mol. The molecule has 0 saturated heterocycles. The van der Waals surface area contributed by atoms with Crippen LogP contribution in [0.25, 0.3) is 0 Å². The summed E-state index contributed by atoms with van der Waals surface area (Å²) >= 11 is 0. The van der Waals surface area contributed by atoms with Gasteiger partial charge in [-0.1, -0.05) is 0 Å². The van der Waals surface area contributed by atoms with Crippen molar-refractivity contribution < 1.29 is 134 Å². The largest absolute Gasteiger partial charge is 1.00 e. The first-order chi connectivity index (χ1) is 8.85. The first-order valence-corrected chi connectivity index (χ1v) is 5.50. The van der Waals surface area contributed by atoms with Crippen molar-refractivity contribution in [3.63, 3.8) is 0 Å². The molecule has 0 aromatic heterocycles. The van der Waals surface area contributed by atoms with Gasteiger partial charge in [0.2, 0.25) is 0 Å². The fourth-order valence-electron chi connectivity index (χ4n) is 1.46. The second kappa shape index (κ2) is 24.2. The Morgan fingerprint density at radius 3 is 1.25 bits per heavy atom. The van der Waals surface area contributed by atoms with E-state index in [1.54, 1.807) is 0 Å². The summed E-state index contributed by atoms with van der Waals surface area (Å²) < 4.78 is 0. The Balaban J connectivity index is -0.000000162. The van der Waals surface area contributed by atoms with Crippen LogP contribution >= 0.6 is 0 Å². The predicted molar refractivity (Wildman–Crippen MR) is 62.2 cm³/mol. The molecule has 126 valence electrons. The van der Waals surface area contributed by atoms with Crippen molar-refractivity contribution in [1.29, 1.82) is 0 Å². The van der Waals surface area contributed by atoms with Gasteiger partial charge in [-0.25, -0.2) is 0 Å². The van der Waals surface area contributed by atoms with E-state index in [2.05, 4.69) is 0 Å². The van der Waals surface area contributed by atoms with Gasteiger partial charge in [0.05, 0.1) is 24.5 Å². The van der Waals surface area contributed by atoms with Crippen LogP contribution in [0.5, 0.6) is 0 Å². The van der Waals surface area contributed by atoms with E-state index in [1.165, 1.54) is 4.90 Å². The van der Waals surface area contributed by atoms with E-state index in [-0.39, 0.29) is 126 Å². The Bertz CT molecular complexity index is 321. The number of carboxylic acid groups (broad SMARTS) is 3. The van der Waals surface area contributed by atoms with E-state index < -0.39 is 37.5 Å². The summed E-state index contributed by atoms with van der Waals surface area (Å²) in [7, 11) is 0. The van der Waals surface area contributed by atoms with Crippen LogP contribution in [0.2, 0.25) is 0 Å². The molecule has 0 radical (unpaired) electrons. The van der Waals surface area contributed by atoms with E-state index in [4.69, 9.17) is 5.11 Å². The number of aliphatic hydroxyl groups excluding tert-OH is 1. The Morgan fingerprint density at radius 2 is 0.958 bits per heavy atom. The topological polar surface area (TPSA) is 210 Å². The molecule has 0 spiro atoms. The summed E-state index contributed by atoms with van der Waals surface area (Å²) in [5.41, 5.74) is 0. The number of carbonyl (C=O) groups is 3. The molecule has 0 heterocycles. The minimum absolute atomic E-state index is 0. The number of aliphatic carboxylic acids is 3. The molecule has 0 unspecified atom stereocenters. The van der Waals surface area contributed by atoms with E-state index in [1.807, 2.05) is 0 Å². The van der Waals surface area contributed by atoms with Crippen LogP contribution in [0.3, 0.4) is 0 Å². The summed E-state index contributed by atoms with van der Waals surface area (Å²) in [6, 6.07) is 0. The van der Waals surface area contributed by atoms with E-state index >= 15 is 0 Å². The Morgan fingerprint density at radius 1 is 0.667 bits per heavy atom. The molecule has 0 atom stereocenters. The smallest absolute Gasteiger partial charge is 0.549 e. The average Bonchev–Trinajstić information content (AvgIpc) is 2.23. The number of rotatable bonds is 11. The molecule has 0 amide bonds. The molecular weight excluding hydrogens is 361 g/mol. The number of hydrogen-bond donors (Lipinski definition) is 1. The fraction of sp³-hybridized carbons (Fsp3) is 0.700. The zero-order chi connectivity index (χ0) is 14.8. The molecule has 14 heteroatoms. The second-order valence-electron chi connectivity index (χ2n) is 3.83. The van der Waals surface area contributed by atoms with Crippen molar-refractivity contribution in [2.75, 3.05) is 45.9 Å². The summed E-state index contributed by atoms with van der Waals surface area (Å²) in [4.78, 5) is 33.6. The van der Waals surface area contributed by atoms with E-state index in [0.717, 1.165) is 4.90 Å². The first kappa shape index (κ1) is 40.0. The molecule has 0 saturated carbocycles. The van der Waals surface area contributed by atoms with Gasteiger partial charge in [0.1, 0.15) is 0 Å². The zero-order valence-corrected chi connectivity index (χ0v) is 20.2. The van der Waals surface area contributed by atoms with Gasteiger partial charge in [-0.3, -0.25) is 9.80 Å². The van der Waals surface area contributed by atoms with Gasteiger partial charge >= 0.3 is 88.7 Å². The van der Waals surface area contributed by atoms with E-state index in [0.29, 0.717) is 0 Å². The van der Waals surface area contributed by atoms with Crippen molar-refractivity contribution in [3.8, 4) is 0 Å². The van der Waals surface area contributed by atoms with Crippen LogP contribution in [0.15, 0.2) is 0 Å². The van der Waals surface area contributed by atoms with Crippen molar-refractivity contribution in [3.05, 3.63) is 0 Å². The summed E-state index contributed by atoms with van der Waals surface area (Å²) in [5.74, 6) is -4.25. The monoisotopic (exact) mass is 380 g/mol. The molecule has 11 nitrogen and oxygen atoms in total. The molecule has 0 aliphatic carbocycles. The normalized spacial score (nSPS) is 8.62. The number of nitrogens with zero attached hydrogens (tertiary/aromatic N) is 2. The van der Waals surface area contributed by atoms with Crippen molar-refractivity contribution in [2.45, 2.75) is 0 Å². The third kappa shape index (κ3) is 25.5. The Hall–Kier alpha value is 1.21. The third-order valence-corrected chi connectivity index (χ3v) is 2.21. The van der Waals surface area contributed by atoms with Crippen LogP contribution in [0, 0.1) is 0 Å². The molecule has 0 aliphatic rings. The molecule has 5 N–H and O–H groups in total. The Labute approximate surface area is 205 Å². The number of aliphatic hydroxyl groups is 1. The molecule has 0 aliphatic heterocycles. The quantitative estimate of drug-likeness (QED) is 0.337. The maximum atomic E-state index is 10.4. The van der Waals surface area contributed by atoms with Gasteiger partial charge in [0, 0.05) is 39.3 Å². The number of hydrogen-bond acceptors (Lipinski definition) is 9. The van der Waals surface area contributed by atoms with Crippen molar-refractivity contribution >= 4 is 17.9 Å². The molecule has 0 rings (SSSR count). The summed E-state index contributed by atoms with van der Waals surface area (Å²) in [6.07, 6.45) is 0. The van der Waals surface area contributed by atoms with Gasteiger partial charge < -0.3 is 45.8 Å².